The first-order valence-electron chi connectivity index (χ1n) is 11.2. The fourth-order valence-corrected chi connectivity index (χ4v) is 4.16. The lowest BCUT2D eigenvalue weighted by Crippen LogP contribution is -2.58. The van der Waals surface area contributed by atoms with Crippen LogP contribution in [0.4, 0.5) is 10.5 Å². The summed E-state index contributed by atoms with van der Waals surface area (Å²) in [6, 6.07) is 7.34. The molecule has 3 amide bonds. The molecule has 2 heterocycles. The fourth-order valence-electron chi connectivity index (χ4n) is 4.16. The number of anilines is 1. The number of rotatable bonds is 5. The second kappa shape index (κ2) is 13.5. The number of hydrogen-bond acceptors (Lipinski definition) is 8. The van der Waals surface area contributed by atoms with Crippen LogP contribution in [0.15, 0.2) is 18.2 Å². The van der Waals surface area contributed by atoms with Crippen molar-refractivity contribution in [3.63, 3.8) is 0 Å². The lowest BCUT2D eigenvalue weighted by Gasteiger charge is -2.42. The summed E-state index contributed by atoms with van der Waals surface area (Å²) in [6.45, 7) is 6.33. The molecule has 3 N–H and O–H groups in total. The number of nitriles is 1. The average Bonchev–Trinajstić information content (AvgIpc) is 2.88. The van der Waals surface area contributed by atoms with E-state index in [0.717, 1.165) is 38.0 Å². The Balaban J connectivity index is 0.000000246. The van der Waals surface area contributed by atoms with Gasteiger partial charge >= 0.3 is 6.03 Å². The van der Waals surface area contributed by atoms with Crippen molar-refractivity contribution in [2.45, 2.75) is 25.9 Å². The maximum atomic E-state index is 11.8. The average molecular weight is 475 g/mol. The normalized spacial score (nSPS) is 19.9. The first kappa shape index (κ1) is 27.0. The smallest absolute Gasteiger partial charge is 0.342 e. The van der Waals surface area contributed by atoms with E-state index in [1.807, 2.05) is 12.1 Å². The third-order valence-electron chi connectivity index (χ3n) is 6.03. The quantitative estimate of drug-likeness (QED) is 0.322. The maximum absolute atomic E-state index is 11.8. The number of benzene rings is 1. The van der Waals surface area contributed by atoms with Crippen molar-refractivity contribution in [2.75, 3.05) is 58.4 Å². The van der Waals surface area contributed by atoms with Gasteiger partial charge in [0.2, 0.25) is 5.91 Å². The number of nitrogens with zero attached hydrogens (tertiary/aromatic N) is 4. The number of piperidine rings is 1. The zero-order chi connectivity index (χ0) is 25.1. The van der Waals surface area contributed by atoms with Gasteiger partial charge in [0.15, 0.2) is 0 Å². The molecule has 1 aromatic carbocycles. The molecule has 0 aromatic heterocycles. The molecule has 3 rings (SSSR count). The van der Waals surface area contributed by atoms with Gasteiger partial charge in [-0.15, -0.1) is 0 Å². The van der Waals surface area contributed by atoms with Gasteiger partial charge in [-0.1, -0.05) is 0 Å². The number of hydrogen-bond donors (Lipinski definition) is 3. The van der Waals surface area contributed by atoms with Crippen molar-refractivity contribution in [3.8, 4) is 6.07 Å². The predicted octanol–water partition coefficient (Wildman–Crippen LogP) is 0.703. The second-order valence-corrected chi connectivity index (χ2v) is 8.31. The number of likely N-dealkylation sites (tertiary alicyclic amines) is 1. The number of carbonyl (C=O) groups excluding carboxylic acids is 3. The van der Waals surface area contributed by atoms with Crippen LogP contribution in [0.25, 0.3) is 0 Å². The molecule has 2 atom stereocenters. The highest BCUT2D eigenvalue weighted by atomic mass is 16.5. The summed E-state index contributed by atoms with van der Waals surface area (Å²) in [4.78, 5) is 39.2. The summed E-state index contributed by atoms with van der Waals surface area (Å²) in [6.07, 6.45) is 1.35. The van der Waals surface area contributed by atoms with Gasteiger partial charge in [-0.05, 0) is 43.5 Å². The van der Waals surface area contributed by atoms with Gasteiger partial charge in [0.1, 0.15) is 19.1 Å². The Hall–Kier alpha value is -3.20. The van der Waals surface area contributed by atoms with Crippen LogP contribution in [0.2, 0.25) is 0 Å². The summed E-state index contributed by atoms with van der Waals surface area (Å²) < 4.78 is 4.76. The molecule has 0 spiro atoms. The molecule has 34 heavy (non-hydrogen) atoms. The molecule has 0 aliphatic carbocycles. The Morgan fingerprint density at radius 1 is 1.35 bits per heavy atom. The van der Waals surface area contributed by atoms with E-state index < -0.39 is 12.2 Å². The number of nitrogens with one attached hydrogen (secondary N) is 2. The van der Waals surface area contributed by atoms with Crippen LogP contribution in [0.1, 0.15) is 24.0 Å². The van der Waals surface area contributed by atoms with Gasteiger partial charge in [0.05, 0.1) is 11.6 Å². The molecule has 0 unspecified atom stereocenters. The lowest BCUT2D eigenvalue weighted by molar-refractivity contribution is -0.140. The maximum Gasteiger partial charge on any atom is 0.342 e. The lowest BCUT2D eigenvalue weighted by atomic mass is 9.97. The van der Waals surface area contributed by atoms with Crippen molar-refractivity contribution >= 4 is 23.9 Å². The molecule has 2 fully saturated rings. The van der Waals surface area contributed by atoms with Gasteiger partial charge in [0, 0.05) is 58.5 Å². The van der Waals surface area contributed by atoms with Crippen molar-refractivity contribution in [3.05, 3.63) is 29.3 Å². The Bertz CT molecular complexity index is 883. The van der Waals surface area contributed by atoms with Gasteiger partial charge in [-0.25, -0.2) is 10.3 Å². The molecule has 1 aromatic rings. The van der Waals surface area contributed by atoms with Crippen LogP contribution in [0.3, 0.4) is 0 Å². The molecule has 2 aliphatic heterocycles. The van der Waals surface area contributed by atoms with Crippen LogP contribution in [-0.2, 0) is 14.3 Å². The highest BCUT2D eigenvalue weighted by Gasteiger charge is 2.35. The summed E-state index contributed by atoms with van der Waals surface area (Å²) in [5.74, 6) is -0.549. The number of amides is 3. The minimum absolute atomic E-state index is 0.0846. The van der Waals surface area contributed by atoms with E-state index in [0.29, 0.717) is 12.8 Å². The van der Waals surface area contributed by atoms with Crippen LogP contribution in [0.5, 0.6) is 0 Å². The largest absolute Gasteiger partial charge is 0.375 e. The van der Waals surface area contributed by atoms with E-state index >= 15 is 0 Å². The number of urea groups is 1. The van der Waals surface area contributed by atoms with E-state index in [2.05, 4.69) is 29.3 Å². The van der Waals surface area contributed by atoms with Crippen LogP contribution in [0, 0.1) is 24.2 Å². The highest BCUT2D eigenvalue weighted by Crippen LogP contribution is 2.23. The van der Waals surface area contributed by atoms with Crippen LogP contribution in [-0.4, -0.2) is 92.9 Å². The van der Waals surface area contributed by atoms with Gasteiger partial charge < -0.3 is 29.5 Å². The Labute approximate surface area is 200 Å². The minimum Gasteiger partial charge on any atom is -0.375 e. The van der Waals surface area contributed by atoms with Crippen LogP contribution >= 0.6 is 0 Å². The number of piperazine rings is 1. The monoisotopic (exact) mass is 474 g/mol. The predicted molar refractivity (Wildman–Crippen MR) is 125 cm³/mol. The third kappa shape index (κ3) is 7.15. The summed E-state index contributed by atoms with van der Waals surface area (Å²) >= 11 is 0. The van der Waals surface area contributed by atoms with E-state index in [1.165, 1.54) is 33.6 Å². The summed E-state index contributed by atoms with van der Waals surface area (Å²) in [5.41, 5.74) is 4.73. The Kier molecular flexibility index (Phi) is 10.7. The summed E-state index contributed by atoms with van der Waals surface area (Å²) in [7, 11) is 2.97. The highest BCUT2D eigenvalue weighted by molar-refractivity contribution is 5.79. The SMILES string of the molecule is COCC(=O)N(C)[C@@H]1CC[C@@H](C=O)CN1C(=O)NO.Cc1cc(C#N)ccc1N1CCNCC1. The summed E-state index contributed by atoms with van der Waals surface area (Å²) in [5, 5.41) is 20.9. The van der Waals surface area contributed by atoms with E-state index in [9.17, 15) is 14.4 Å². The number of aryl methyl sites for hydroxylation is 1. The van der Waals surface area contributed by atoms with Crippen molar-refractivity contribution < 1.29 is 24.3 Å². The molecular weight excluding hydrogens is 440 g/mol. The van der Waals surface area contributed by atoms with Gasteiger partial charge in [0.25, 0.3) is 0 Å². The van der Waals surface area contributed by atoms with Gasteiger partial charge in [-0.3, -0.25) is 10.0 Å². The Morgan fingerprint density at radius 2 is 2.06 bits per heavy atom. The number of hydroxylamine groups is 1. The number of ether oxygens (including phenoxy) is 1. The van der Waals surface area contributed by atoms with Crippen molar-refractivity contribution in [2.24, 2.45) is 5.92 Å². The zero-order valence-corrected chi connectivity index (χ0v) is 20.0. The molecule has 2 aliphatic rings. The number of likely N-dealkylation sites (N-methyl/N-ethyl adjacent to an activating group) is 1. The molecule has 2 saturated heterocycles. The van der Waals surface area contributed by atoms with Crippen molar-refractivity contribution in [1.29, 1.82) is 5.26 Å². The topological polar surface area (TPSA) is 138 Å². The molecule has 11 nitrogen and oxygen atoms in total. The van der Waals surface area contributed by atoms with E-state index in [1.54, 1.807) is 7.05 Å². The second-order valence-electron chi connectivity index (χ2n) is 8.31. The molecular formula is C23H34N6O5. The van der Waals surface area contributed by atoms with Gasteiger partial charge in [-0.2, -0.15) is 5.26 Å². The Morgan fingerprint density at radius 3 is 2.62 bits per heavy atom. The number of methoxy groups -OCH3 is 1. The number of aldehydes is 1. The van der Waals surface area contributed by atoms with E-state index in [-0.39, 0.29) is 25.0 Å². The minimum atomic E-state index is -0.728. The number of carbonyl (C=O) groups is 3. The first-order valence-corrected chi connectivity index (χ1v) is 11.2. The molecule has 0 radical (unpaired) electrons. The molecule has 11 heteroatoms. The molecule has 0 saturated carbocycles. The van der Waals surface area contributed by atoms with Crippen molar-refractivity contribution in [1.82, 2.24) is 20.6 Å². The van der Waals surface area contributed by atoms with E-state index in [4.69, 9.17) is 15.2 Å². The fraction of sp³-hybridized carbons (Fsp3) is 0.565. The standard InChI is InChI=1S/C12H15N3.C11H19N3O5/c1-10-8-11(9-13)2-3-12(10)15-6-4-14-5-7-15;1-13(10(16)7-19-2)9-4-3-8(6-15)5-14(9)11(17)12-18/h2-3,8,14H,4-7H2,1H3;6,8-9,18H,3-5,7H2,1-2H3,(H,12,17)/t;8-,9+/m.1/s1. The zero-order valence-electron chi connectivity index (χ0n) is 20.0. The molecule has 0 bridgehead atoms. The third-order valence-corrected chi connectivity index (χ3v) is 6.03. The molecule has 186 valence electrons. The van der Waals surface area contributed by atoms with Crippen LogP contribution < -0.4 is 15.7 Å². The first-order chi connectivity index (χ1) is 16.4.